The molecule has 10 heteroatoms. The Bertz CT molecular complexity index is 1960. The third-order valence-electron chi connectivity index (χ3n) is 6.86. The first kappa shape index (κ1) is 25.4. The highest BCUT2D eigenvalue weighted by molar-refractivity contribution is 5.95. The molecule has 0 saturated heterocycles. The van der Waals surface area contributed by atoms with Crippen LogP contribution in [0.15, 0.2) is 91.2 Å². The molecule has 6 N–H and O–H groups in total. The monoisotopic (exact) mass is 552 g/mol. The summed E-state index contributed by atoms with van der Waals surface area (Å²) in [5.74, 6) is -5.50. The molecule has 204 valence electrons. The van der Waals surface area contributed by atoms with Gasteiger partial charge in [-0.3, -0.25) is 9.59 Å². The number of hydrogen-bond donors (Lipinski definition) is 6. The van der Waals surface area contributed by atoms with E-state index in [-0.39, 0.29) is 33.8 Å². The SMILES string of the molecule is O=c1cc(-c2ccccc2)oc2c(Cc3c(O)c(O)c(O)c4c(=O)cc(-c5ccccc5)oc34)c(O)c(O)c(O)c12. The van der Waals surface area contributed by atoms with Crippen LogP contribution in [0.4, 0.5) is 0 Å². The van der Waals surface area contributed by atoms with Gasteiger partial charge in [-0.25, -0.2) is 0 Å². The summed E-state index contributed by atoms with van der Waals surface area (Å²) in [4.78, 5) is 26.2. The van der Waals surface area contributed by atoms with Crippen LogP contribution in [0.1, 0.15) is 11.1 Å². The van der Waals surface area contributed by atoms with E-state index in [1.807, 2.05) is 0 Å². The molecule has 0 atom stereocenters. The molecule has 6 aromatic rings. The van der Waals surface area contributed by atoms with Crippen LogP contribution in [-0.4, -0.2) is 30.6 Å². The van der Waals surface area contributed by atoms with E-state index in [9.17, 15) is 40.2 Å². The maximum absolute atomic E-state index is 13.1. The van der Waals surface area contributed by atoms with Crippen molar-refractivity contribution in [3.8, 4) is 57.1 Å². The van der Waals surface area contributed by atoms with Gasteiger partial charge in [-0.2, -0.15) is 0 Å². The lowest BCUT2D eigenvalue weighted by atomic mass is 9.96. The van der Waals surface area contributed by atoms with E-state index < -0.39 is 62.5 Å². The molecule has 41 heavy (non-hydrogen) atoms. The van der Waals surface area contributed by atoms with Crippen molar-refractivity contribution in [1.29, 1.82) is 0 Å². The summed E-state index contributed by atoms with van der Waals surface area (Å²) >= 11 is 0. The number of rotatable bonds is 4. The summed E-state index contributed by atoms with van der Waals surface area (Å²) in [5.41, 5.74) is -1.69. The Balaban J connectivity index is 1.68. The molecule has 0 aliphatic carbocycles. The first-order chi connectivity index (χ1) is 19.7. The topological polar surface area (TPSA) is 182 Å². The lowest BCUT2D eigenvalue weighted by Gasteiger charge is -2.16. The van der Waals surface area contributed by atoms with Crippen molar-refractivity contribution in [2.45, 2.75) is 6.42 Å². The van der Waals surface area contributed by atoms with Gasteiger partial charge in [0, 0.05) is 40.8 Å². The van der Waals surface area contributed by atoms with E-state index in [2.05, 4.69) is 0 Å². The smallest absolute Gasteiger partial charge is 0.201 e. The molecule has 0 aliphatic heterocycles. The minimum absolute atomic E-state index is 0.0781. The molecule has 0 aliphatic rings. The van der Waals surface area contributed by atoms with E-state index in [1.54, 1.807) is 60.7 Å². The van der Waals surface area contributed by atoms with Crippen LogP contribution in [-0.2, 0) is 6.42 Å². The molecule has 0 unspecified atom stereocenters. The third kappa shape index (κ3) is 3.97. The summed E-state index contributed by atoms with van der Waals surface area (Å²) < 4.78 is 11.9. The van der Waals surface area contributed by atoms with Gasteiger partial charge in [0.05, 0.1) is 0 Å². The summed E-state index contributed by atoms with van der Waals surface area (Å²) in [6.07, 6.45) is -0.589. The van der Waals surface area contributed by atoms with Crippen molar-refractivity contribution >= 4 is 21.9 Å². The predicted molar refractivity (Wildman–Crippen MR) is 149 cm³/mol. The molecule has 0 fully saturated rings. The van der Waals surface area contributed by atoms with E-state index in [4.69, 9.17) is 8.83 Å². The Labute approximate surface area is 229 Å². The fourth-order valence-corrected chi connectivity index (χ4v) is 4.82. The molecular weight excluding hydrogens is 532 g/mol. The Morgan fingerprint density at radius 2 is 0.854 bits per heavy atom. The van der Waals surface area contributed by atoms with Crippen LogP contribution in [0.25, 0.3) is 44.6 Å². The largest absolute Gasteiger partial charge is 0.504 e. The standard InChI is InChI=1S/C31H20O10/c32-18-12-20(14-7-3-1-4-8-14)40-30-16(24(34)28(38)26(36)22(18)30)11-17-25(35)29(39)27(37)23-19(33)13-21(41-31(17)23)15-9-5-2-6-10-15/h1-10,12-13,34-39H,11H2. The van der Waals surface area contributed by atoms with Gasteiger partial charge in [-0.1, -0.05) is 60.7 Å². The van der Waals surface area contributed by atoms with Gasteiger partial charge in [0.2, 0.25) is 11.5 Å². The average molecular weight is 552 g/mol. The molecule has 2 heterocycles. The second kappa shape index (κ2) is 9.38. The first-order valence-electron chi connectivity index (χ1n) is 12.2. The van der Waals surface area contributed by atoms with Crippen LogP contribution in [0.2, 0.25) is 0 Å². The number of hydrogen-bond acceptors (Lipinski definition) is 10. The molecule has 0 saturated carbocycles. The third-order valence-corrected chi connectivity index (χ3v) is 6.86. The molecule has 6 rings (SSSR count). The zero-order valence-electron chi connectivity index (χ0n) is 21.0. The molecular formula is C31H20O10. The number of benzene rings is 4. The van der Waals surface area contributed by atoms with Crippen LogP contribution in [0.3, 0.4) is 0 Å². The van der Waals surface area contributed by atoms with Crippen molar-refractivity contribution in [3.63, 3.8) is 0 Å². The van der Waals surface area contributed by atoms with Gasteiger partial charge < -0.3 is 39.5 Å². The molecule has 2 aromatic heterocycles. The van der Waals surface area contributed by atoms with Gasteiger partial charge >= 0.3 is 0 Å². The van der Waals surface area contributed by atoms with E-state index >= 15 is 0 Å². The Morgan fingerprint density at radius 1 is 0.488 bits per heavy atom. The molecule has 0 bridgehead atoms. The zero-order chi connectivity index (χ0) is 29.0. The van der Waals surface area contributed by atoms with Crippen LogP contribution >= 0.6 is 0 Å². The molecule has 0 spiro atoms. The number of fused-ring (bicyclic) bond motifs is 2. The first-order valence-corrected chi connectivity index (χ1v) is 12.2. The highest BCUT2D eigenvalue weighted by atomic mass is 16.4. The van der Waals surface area contributed by atoms with Gasteiger partial charge in [0.25, 0.3) is 0 Å². The maximum Gasteiger partial charge on any atom is 0.201 e. The van der Waals surface area contributed by atoms with Crippen molar-refractivity contribution in [1.82, 2.24) is 0 Å². The Morgan fingerprint density at radius 3 is 1.22 bits per heavy atom. The number of phenols is 6. The second-order valence-electron chi connectivity index (χ2n) is 9.32. The summed E-state index contributed by atoms with van der Waals surface area (Å²) in [7, 11) is 0. The molecule has 10 nitrogen and oxygen atoms in total. The number of phenolic OH excluding ortho intramolecular Hbond substituents is 6. The normalized spacial score (nSPS) is 11.3. The van der Waals surface area contributed by atoms with Gasteiger partial charge in [0.15, 0.2) is 33.9 Å². The van der Waals surface area contributed by atoms with Crippen molar-refractivity contribution in [2.75, 3.05) is 0 Å². The fraction of sp³-hybridized carbons (Fsp3) is 0.0323. The fourth-order valence-electron chi connectivity index (χ4n) is 4.82. The quantitative estimate of drug-likeness (QED) is 0.162. The maximum atomic E-state index is 13.1. The molecule has 0 amide bonds. The molecule has 0 radical (unpaired) electrons. The van der Waals surface area contributed by atoms with Gasteiger partial charge in [-0.15, -0.1) is 0 Å². The lowest BCUT2D eigenvalue weighted by Crippen LogP contribution is -2.06. The van der Waals surface area contributed by atoms with Gasteiger partial charge in [-0.05, 0) is 0 Å². The summed E-state index contributed by atoms with van der Waals surface area (Å²) in [6.45, 7) is 0. The van der Waals surface area contributed by atoms with Crippen molar-refractivity contribution in [2.24, 2.45) is 0 Å². The summed E-state index contributed by atoms with van der Waals surface area (Å²) in [6, 6.07) is 19.3. The average Bonchev–Trinajstić information content (AvgIpc) is 2.98. The van der Waals surface area contributed by atoms with Crippen molar-refractivity contribution < 1.29 is 39.5 Å². The predicted octanol–water partition coefficient (Wildman–Crippen LogP) is 5.06. The highest BCUT2D eigenvalue weighted by Gasteiger charge is 2.28. The Kier molecular flexibility index (Phi) is 5.81. The number of aromatic hydroxyl groups is 6. The van der Waals surface area contributed by atoms with E-state index in [1.165, 1.54) is 0 Å². The minimum atomic E-state index is -1.02. The van der Waals surface area contributed by atoms with E-state index in [0.29, 0.717) is 11.1 Å². The van der Waals surface area contributed by atoms with E-state index in [0.717, 1.165) is 12.1 Å². The lowest BCUT2D eigenvalue weighted by molar-refractivity contribution is 0.364. The van der Waals surface area contributed by atoms with Gasteiger partial charge in [0.1, 0.15) is 33.5 Å². The Hall–Kier alpha value is -5.90. The summed E-state index contributed by atoms with van der Waals surface area (Å²) in [5, 5.41) is 62.9. The minimum Gasteiger partial charge on any atom is -0.504 e. The highest BCUT2D eigenvalue weighted by Crippen LogP contribution is 2.49. The second-order valence-corrected chi connectivity index (χ2v) is 9.32. The van der Waals surface area contributed by atoms with Crippen LogP contribution in [0, 0.1) is 0 Å². The van der Waals surface area contributed by atoms with Crippen molar-refractivity contribution in [3.05, 3.63) is 104 Å². The van der Waals surface area contributed by atoms with Crippen LogP contribution in [0.5, 0.6) is 34.5 Å². The van der Waals surface area contributed by atoms with Crippen LogP contribution < -0.4 is 10.9 Å². The molecule has 4 aromatic carbocycles. The zero-order valence-corrected chi connectivity index (χ0v) is 21.0.